The molecule has 0 amide bonds. The summed E-state index contributed by atoms with van der Waals surface area (Å²) in [5, 5.41) is 0. The Bertz CT molecular complexity index is 236. The molecule has 0 fully saturated rings. The molecular formula is C12H19N. The number of nitrogens with two attached hydrogens (primary N) is 1. The van der Waals surface area contributed by atoms with Gasteiger partial charge in [0.2, 0.25) is 0 Å². The van der Waals surface area contributed by atoms with E-state index in [1.165, 1.54) is 24.0 Å². The number of hydrogen-bond acceptors (Lipinski definition) is 1. The molecule has 0 aromatic heterocycles. The van der Waals surface area contributed by atoms with Crippen LogP contribution in [-0.2, 0) is 0 Å². The van der Waals surface area contributed by atoms with Crippen LogP contribution in [0, 0.1) is 5.92 Å². The van der Waals surface area contributed by atoms with Crippen LogP contribution in [-0.4, -0.2) is 6.54 Å². The minimum atomic E-state index is 0.551. The first-order valence-corrected chi connectivity index (χ1v) is 5.04. The van der Waals surface area contributed by atoms with Crippen LogP contribution in [0.4, 0.5) is 0 Å². The summed E-state index contributed by atoms with van der Waals surface area (Å²) in [6.07, 6.45) is 9.99. The lowest BCUT2D eigenvalue weighted by atomic mass is 9.86. The van der Waals surface area contributed by atoms with E-state index in [9.17, 15) is 0 Å². The maximum atomic E-state index is 5.61. The second-order valence-corrected chi connectivity index (χ2v) is 3.53. The predicted molar refractivity (Wildman–Crippen MR) is 58.4 cm³/mol. The maximum Gasteiger partial charge on any atom is 0.0174 e. The second-order valence-electron chi connectivity index (χ2n) is 3.53. The standard InChI is InChI=1S/C12H19N/c1-3-5-12-8-10(9-13)6-7-11(12)4-2/h4,6,8,11H,2-3,5,7,9,13H2,1H3. The molecule has 13 heavy (non-hydrogen) atoms. The van der Waals surface area contributed by atoms with Gasteiger partial charge in [0.05, 0.1) is 0 Å². The monoisotopic (exact) mass is 177 g/mol. The van der Waals surface area contributed by atoms with Gasteiger partial charge in [-0.05, 0) is 18.4 Å². The van der Waals surface area contributed by atoms with Crippen LogP contribution in [0.5, 0.6) is 0 Å². The maximum absolute atomic E-state index is 5.61. The summed E-state index contributed by atoms with van der Waals surface area (Å²) in [4.78, 5) is 0. The van der Waals surface area contributed by atoms with Crippen molar-refractivity contribution in [3.63, 3.8) is 0 Å². The van der Waals surface area contributed by atoms with Gasteiger partial charge in [0.15, 0.2) is 0 Å². The van der Waals surface area contributed by atoms with Gasteiger partial charge in [0.1, 0.15) is 0 Å². The van der Waals surface area contributed by atoms with Gasteiger partial charge in [-0.25, -0.2) is 0 Å². The van der Waals surface area contributed by atoms with Gasteiger partial charge >= 0.3 is 0 Å². The van der Waals surface area contributed by atoms with Crippen molar-refractivity contribution < 1.29 is 0 Å². The molecule has 0 saturated heterocycles. The zero-order valence-corrected chi connectivity index (χ0v) is 8.42. The summed E-state index contributed by atoms with van der Waals surface area (Å²) in [6.45, 7) is 6.74. The third kappa shape index (κ3) is 2.56. The fraction of sp³-hybridized carbons (Fsp3) is 0.500. The van der Waals surface area contributed by atoms with E-state index >= 15 is 0 Å². The van der Waals surface area contributed by atoms with Gasteiger partial charge in [-0.3, -0.25) is 0 Å². The van der Waals surface area contributed by atoms with E-state index in [-0.39, 0.29) is 0 Å². The summed E-state index contributed by atoms with van der Waals surface area (Å²) >= 11 is 0. The molecule has 1 aliphatic rings. The smallest absolute Gasteiger partial charge is 0.0174 e. The van der Waals surface area contributed by atoms with E-state index in [1.807, 2.05) is 6.08 Å². The Kier molecular flexibility index (Phi) is 3.97. The Hall–Kier alpha value is -0.820. The van der Waals surface area contributed by atoms with Gasteiger partial charge < -0.3 is 5.73 Å². The van der Waals surface area contributed by atoms with Gasteiger partial charge in [0.25, 0.3) is 0 Å². The van der Waals surface area contributed by atoms with Gasteiger partial charge in [0, 0.05) is 12.5 Å². The minimum Gasteiger partial charge on any atom is -0.327 e. The zero-order chi connectivity index (χ0) is 9.68. The first-order valence-electron chi connectivity index (χ1n) is 5.04. The molecule has 0 aromatic carbocycles. The molecule has 1 rings (SSSR count). The minimum absolute atomic E-state index is 0.551. The lowest BCUT2D eigenvalue weighted by molar-refractivity contribution is 0.695. The van der Waals surface area contributed by atoms with Crippen molar-refractivity contribution in [1.29, 1.82) is 0 Å². The molecule has 0 bridgehead atoms. The summed E-state index contributed by atoms with van der Waals surface area (Å²) < 4.78 is 0. The molecule has 0 radical (unpaired) electrons. The van der Waals surface area contributed by atoms with Gasteiger partial charge in [-0.1, -0.05) is 37.1 Å². The van der Waals surface area contributed by atoms with Crippen LogP contribution in [0.3, 0.4) is 0 Å². The molecule has 72 valence electrons. The van der Waals surface area contributed by atoms with Crippen LogP contribution in [0.2, 0.25) is 0 Å². The van der Waals surface area contributed by atoms with Crippen LogP contribution < -0.4 is 5.73 Å². The Morgan fingerprint density at radius 2 is 2.46 bits per heavy atom. The van der Waals surface area contributed by atoms with Crippen LogP contribution in [0.25, 0.3) is 0 Å². The lowest BCUT2D eigenvalue weighted by Crippen LogP contribution is -2.10. The van der Waals surface area contributed by atoms with E-state index in [0.29, 0.717) is 12.5 Å². The highest BCUT2D eigenvalue weighted by molar-refractivity contribution is 5.32. The number of rotatable bonds is 4. The molecule has 1 atom stereocenters. The molecular weight excluding hydrogens is 158 g/mol. The van der Waals surface area contributed by atoms with Crippen molar-refractivity contribution >= 4 is 0 Å². The highest BCUT2D eigenvalue weighted by Gasteiger charge is 2.13. The molecule has 1 nitrogen and oxygen atoms in total. The van der Waals surface area contributed by atoms with E-state index in [1.54, 1.807) is 0 Å². The van der Waals surface area contributed by atoms with Crippen molar-refractivity contribution in [2.24, 2.45) is 11.7 Å². The molecule has 2 N–H and O–H groups in total. The average molecular weight is 177 g/mol. The third-order valence-corrected chi connectivity index (χ3v) is 2.54. The molecule has 0 aliphatic heterocycles. The highest BCUT2D eigenvalue weighted by atomic mass is 14.5. The average Bonchev–Trinajstić information content (AvgIpc) is 2.18. The predicted octanol–water partition coefficient (Wildman–Crippen LogP) is 2.80. The van der Waals surface area contributed by atoms with Gasteiger partial charge in [-0.2, -0.15) is 0 Å². The molecule has 1 unspecified atom stereocenters. The van der Waals surface area contributed by atoms with E-state index in [2.05, 4.69) is 25.7 Å². The van der Waals surface area contributed by atoms with E-state index in [0.717, 1.165) is 6.42 Å². The van der Waals surface area contributed by atoms with Crippen LogP contribution >= 0.6 is 0 Å². The summed E-state index contributed by atoms with van der Waals surface area (Å²) in [5.41, 5.74) is 8.39. The fourth-order valence-electron chi connectivity index (χ4n) is 1.77. The summed E-state index contributed by atoms with van der Waals surface area (Å²) in [5.74, 6) is 0.551. The van der Waals surface area contributed by atoms with Crippen molar-refractivity contribution in [3.8, 4) is 0 Å². The first-order chi connectivity index (χ1) is 6.31. The Balaban J connectivity index is 2.74. The molecule has 0 heterocycles. The lowest BCUT2D eigenvalue weighted by Gasteiger charge is -2.20. The van der Waals surface area contributed by atoms with Crippen molar-refractivity contribution in [2.45, 2.75) is 26.2 Å². The fourth-order valence-corrected chi connectivity index (χ4v) is 1.77. The second kappa shape index (κ2) is 5.03. The number of hydrogen-bond donors (Lipinski definition) is 1. The Morgan fingerprint density at radius 1 is 1.69 bits per heavy atom. The molecule has 0 saturated carbocycles. The SMILES string of the molecule is C=CC1CC=C(CN)C=C1CCC. The van der Waals surface area contributed by atoms with Crippen molar-refractivity contribution in [3.05, 3.63) is 36.0 Å². The molecule has 1 aliphatic carbocycles. The molecule has 0 spiro atoms. The third-order valence-electron chi connectivity index (χ3n) is 2.54. The van der Waals surface area contributed by atoms with E-state index < -0.39 is 0 Å². The van der Waals surface area contributed by atoms with Crippen LogP contribution in [0.1, 0.15) is 26.2 Å². The topological polar surface area (TPSA) is 26.0 Å². The number of allylic oxidation sites excluding steroid dienone is 3. The normalized spacial score (nSPS) is 22.2. The molecule has 1 heteroatoms. The summed E-state index contributed by atoms with van der Waals surface area (Å²) in [7, 11) is 0. The highest BCUT2D eigenvalue weighted by Crippen LogP contribution is 2.27. The van der Waals surface area contributed by atoms with Crippen molar-refractivity contribution in [1.82, 2.24) is 0 Å². The largest absolute Gasteiger partial charge is 0.327 e. The van der Waals surface area contributed by atoms with E-state index in [4.69, 9.17) is 5.73 Å². The van der Waals surface area contributed by atoms with Crippen molar-refractivity contribution in [2.75, 3.05) is 6.54 Å². The molecule has 0 aromatic rings. The summed E-state index contributed by atoms with van der Waals surface area (Å²) in [6, 6.07) is 0. The Labute approximate surface area is 81.0 Å². The van der Waals surface area contributed by atoms with Gasteiger partial charge in [-0.15, -0.1) is 6.58 Å². The Morgan fingerprint density at radius 3 is 3.00 bits per heavy atom. The quantitative estimate of drug-likeness (QED) is 0.656. The first kappa shape index (κ1) is 10.3. The zero-order valence-electron chi connectivity index (χ0n) is 8.42. The van der Waals surface area contributed by atoms with Crippen LogP contribution in [0.15, 0.2) is 36.0 Å².